The van der Waals surface area contributed by atoms with Crippen molar-refractivity contribution in [2.24, 2.45) is 0 Å². The van der Waals surface area contributed by atoms with Crippen molar-refractivity contribution < 1.29 is 9.66 Å². The van der Waals surface area contributed by atoms with Crippen molar-refractivity contribution in [2.75, 3.05) is 7.05 Å². The van der Waals surface area contributed by atoms with Crippen LogP contribution in [0.2, 0.25) is 5.02 Å². The molecule has 0 aliphatic heterocycles. The summed E-state index contributed by atoms with van der Waals surface area (Å²) in [6, 6.07) is 10.0. The number of nitrogens with one attached hydrogen (secondary N) is 1. The van der Waals surface area contributed by atoms with E-state index < -0.39 is 4.92 Å². The summed E-state index contributed by atoms with van der Waals surface area (Å²) < 4.78 is 5.75. The SMILES string of the molecule is CNCc1c(Cl)cccc1Oc1cc(C)ccc1[N+](=O)[O-]. The van der Waals surface area contributed by atoms with Gasteiger partial charge in [0.2, 0.25) is 5.75 Å². The molecule has 110 valence electrons. The summed E-state index contributed by atoms with van der Waals surface area (Å²) >= 11 is 6.15. The van der Waals surface area contributed by atoms with Gasteiger partial charge in [-0.15, -0.1) is 0 Å². The molecule has 0 fully saturated rings. The van der Waals surface area contributed by atoms with Crippen molar-refractivity contribution in [1.82, 2.24) is 5.32 Å². The predicted molar refractivity (Wildman–Crippen MR) is 82.1 cm³/mol. The van der Waals surface area contributed by atoms with Crippen LogP contribution in [0, 0.1) is 17.0 Å². The van der Waals surface area contributed by atoms with E-state index in [-0.39, 0.29) is 11.4 Å². The first kappa shape index (κ1) is 15.3. The molecule has 0 bridgehead atoms. The van der Waals surface area contributed by atoms with Crippen molar-refractivity contribution in [3.05, 3.63) is 62.7 Å². The van der Waals surface area contributed by atoms with Crippen molar-refractivity contribution in [3.8, 4) is 11.5 Å². The lowest BCUT2D eigenvalue weighted by Gasteiger charge is -2.13. The summed E-state index contributed by atoms with van der Waals surface area (Å²) in [5, 5.41) is 14.6. The van der Waals surface area contributed by atoms with E-state index >= 15 is 0 Å². The van der Waals surface area contributed by atoms with Gasteiger partial charge in [-0.1, -0.05) is 23.7 Å². The fourth-order valence-corrected chi connectivity index (χ4v) is 2.19. The van der Waals surface area contributed by atoms with E-state index in [2.05, 4.69) is 5.32 Å². The number of nitrogens with zero attached hydrogens (tertiary/aromatic N) is 1. The van der Waals surface area contributed by atoms with Crippen molar-refractivity contribution in [1.29, 1.82) is 0 Å². The molecule has 0 saturated carbocycles. The van der Waals surface area contributed by atoms with E-state index in [1.54, 1.807) is 37.4 Å². The third-order valence-electron chi connectivity index (χ3n) is 2.96. The molecular formula is C15H15ClN2O3. The molecular weight excluding hydrogens is 292 g/mol. The molecule has 0 saturated heterocycles. The zero-order valence-corrected chi connectivity index (χ0v) is 12.5. The smallest absolute Gasteiger partial charge is 0.311 e. The van der Waals surface area contributed by atoms with Crippen LogP contribution in [-0.2, 0) is 6.54 Å². The number of rotatable bonds is 5. The van der Waals surface area contributed by atoms with Gasteiger partial charge in [0.25, 0.3) is 0 Å². The largest absolute Gasteiger partial charge is 0.450 e. The Bertz CT molecular complexity index is 674. The van der Waals surface area contributed by atoms with Gasteiger partial charge in [-0.05, 0) is 37.7 Å². The molecule has 0 radical (unpaired) electrons. The second kappa shape index (κ2) is 6.56. The summed E-state index contributed by atoms with van der Waals surface area (Å²) in [5.74, 6) is 0.713. The van der Waals surface area contributed by atoms with Crippen LogP contribution in [0.15, 0.2) is 36.4 Å². The number of ether oxygens (including phenoxy) is 1. The Balaban J connectivity index is 2.45. The first-order chi connectivity index (χ1) is 10.0. The van der Waals surface area contributed by atoms with Crippen molar-refractivity contribution in [3.63, 3.8) is 0 Å². The molecule has 0 aliphatic carbocycles. The Hall–Kier alpha value is -2.11. The maximum atomic E-state index is 11.1. The van der Waals surface area contributed by atoms with Gasteiger partial charge in [-0.2, -0.15) is 0 Å². The minimum Gasteiger partial charge on any atom is -0.450 e. The molecule has 0 aliphatic rings. The van der Waals surface area contributed by atoms with Gasteiger partial charge in [0.1, 0.15) is 5.75 Å². The van der Waals surface area contributed by atoms with Crippen LogP contribution in [0.5, 0.6) is 11.5 Å². The van der Waals surface area contributed by atoms with Crippen LogP contribution in [0.1, 0.15) is 11.1 Å². The molecule has 21 heavy (non-hydrogen) atoms. The Morgan fingerprint density at radius 2 is 2.05 bits per heavy atom. The first-order valence-electron chi connectivity index (χ1n) is 6.38. The van der Waals surface area contributed by atoms with Gasteiger partial charge in [0.05, 0.1) is 4.92 Å². The van der Waals surface area contributed by atoms with Gasteiger partial charge >= 0.3 is 5.69 Å². The van der Waals surface area contributed by atoms with Crippen LogP contribution in [0.4, 0.5) is 5.69 Å². The number of hydrogen-bond donors (Lipinski definition) is 1. The summed E-state index contributed by atoms with van der Waals surface area (Å²) in [6.07, 6.45) is 0. The van der Waals surface area contributed by atoms with E-state index in [1.807, 2.05) is 6.92 Å². The maximum absolute atomic E-state index is 11.1. The Labute approximate surface area is 127 Å². The van der Waals surface area contributed by atoms with E-state index in [1.165, 1.54) is 6.07 Å². The fourth-order valence-electron chi connectivity index (χ4n) is 1.96. The minimum atomic E-state index is -0.461. The lowest BCUT2D eigenvalue weighted by atomic mass is 10.2. The van der Waals surface area contributed by atoms with E-state index in [0.29, 0.717) is 17.3 Å². The van der Waals surface area contributed by atoms with Gasteiger partial charge in [-0.3, -0.25) is 10.1 Å². The second-order valence-corrected chi connectivity index (χ2v) is 4.98. The molecule has 0 heterocycles. The minimum absolute atomic E-state index is 0.0732. The molecule has 0 spiro atoms. The van der Waals surface area contributed by atoms with Gasteiger partial charge in [0.15, 0.2) is 0 Å². The predicted octanol–water partition coefficient (Wildman–Crippen LogP) is 4.07. The maximum Gasteiger partial charge on any atom is 0.311 e. The van der Waals surface area contributed by atoms with Crippen molar-refractivity contribution >= 4 is 17.3 Å². The number of aryl methyl sites for hydroxylation is 1. The highest BCUT2D eigenvalue weighted by molar-refractivity contribution is 6.31. The fraction of sp³-hybridized carbons (Fsp3) is 0.200. The molecule has 0 aromatic heterocycles. The molecule has 2 aromatic carbocycles. The standard InChI is InChI=1S/C15H15ClN2O3/c1-10-6-7-13(18(19)20)15(8-10)21-14-5-3-4-12(16)11(14)9-17-2/h3-8,17H,9H2,1-2H3. The van der Waals surface area contributed by atoms with Crippen LogP contribution in [0.3, 0.4) is 0 Å². The second-order valence-electron chi connectivity index (χ2n) is 4.58. The molecule has 0 unspecified atom stereocenters. The molecule has 6 heteroatoms. The third-order valence-corrected chi connectivity index (χ3v) is 3.32. The van der Waals surface area contributed by atoms with E-state index in [0.717, 1.165) is 11.1 Å². The number of halogens is 1. The highest BCUT2D eigenvalue weighted by Crippen LogP contribution is 2.35. The van der Waals surface area contributed by atoms with Crippen LogP contribution < -0.4 is 10.1 Å². The van der Waals surface area contributed by atoms with E-state index in [9.17, 15) is 10.1 Å². The summed E-state index contributed by atoms with van der Waals surface area (Å²) in [7, 11) is 1.79. The highest BCUT2D eigenvalue weighted by Gasteiger charge is 2.17. The summed E-state index contributed by atoms with van der Waals surface area (Å²) in [5.41, 5.74) is 1.57. The monoisotopic (exact) mass is 306 g/mol. The normalized spacial score (nSPS) is 10.4. The van der Waals surface area contributed by atoms with E-state index in [4.69, 9.17) is 16.3 Å². The molecule has 0 atom stereocenters. The van der Waals surface area contributed by atoms with Crippen LogP contribution in [-0.4, -0.2) is 12.0 Å². The lowest BCUT2D eigenvalue weighted by molar-refractivity contribution is -0.385. The summed E-state index contributed by atoms with van der Waals surface area (Å²) in [4.78, 5) is 10.6. The number of benzene rings is 2. The van der Waals surface area contributed by atoms with Gasteiger partial charge in [0, 0.05) is 23.2 Å². The molecule has 2 rings (SSSR count). The zero-order chi connectivity index (χ0) is 15.4. The van der Waals surface area contributed by atoms with Crippen molar-refractivity contribution in [2.45, 2.75) is 13.5 Å². The molecule has 5 nitrogen and oxygen atoms in total. The number of nitro groups is 1. The summed E-state index contributed by atoms with van der Waals surface area (Å²) in [6.45, 7) is 2.36. The van der Waals surface area contributed by atoms with Crippen LogP contribution in [0.25, 0.3) is 0 Å². The van der Waals surface area contributed by atoms with Gasteiger partial charge in [-0.25, -0.2) is 0 Å². The van der Waals surface area contributed by atoms with Gasteiger partial charge < -0.3 is 10.1 Å². The number of hydrogen-bond acceptors (Lipinski definition) is 4. The topological polar surface area (TPSA) is 64.4 Å². The Morgan fingerprint density at radius 3 is 2.71 bits per heavy atom. The zero-order valence-electron chi connectivity index (χ0n) is 11.7. The average molecular weight is 307 g/mol. The molecule has 1 N–H and O–H groups in total. The highest BCUT2D eigenvalue weighted by atomic mass is 35.5. The molecule has 0 amide bonds. The Kier molecular flexibility index (Phi) is 4.77. The third kappa shape index (κ3) is 3.51. The first-order valence-corrected chi connectivity index (χ1v) is 6.75. The van der Waals surface area contributed by atoms with Crippen LogP contribution >= 0.6 is 11.6 Å². The number of nitro benzene ring substituents is 1. The lowest BCUT2D eigenvalue weighted by Crippen LogP contribution is -2.07. The quantitative estimate of drug-likeness (QED) is 0.668. The average Bonchev–Trinajstić information content (AvgIpc) is 2.42. The molecule has 2 aromatic rings. The Morgan fingerprint density at radius 1 is 1.29 bits per heavy atom.